The maximum atomic E-state index is 8.76. The van der Waals surface area contributed by atoms with Crippen molar-refractivity contribution in [3.8, 4) is 0 Å². The third-order valence-electron chi connectivity index (χ3n) is 3.51. The summed E-state index contributed by atoms with van der Waals surface area (Å²) in [6.45, 7) is 8.40. The van der Waals surface area contributed by atoms with Gasteiger partial charge in [0.1, 0.15) is 5.84 Å². The zero-order valence-corrected chi connectivity index (χ0v) is 13.4. The molecular weight excluding hydrogens is 258 g/mol. The Morgan fingerprint density at radius 3 is 2.25 bits per heavy atom. The van der Waals surface area contributed by atoms with Crippen LogP contribution in [0.25, 0.3) is 0 Å². The summed E-state index contributed by atoms with van der Waals surface area (Å²) in [7, 11) is 3.44. The van der Waals surface area contributed by atoms with Crippen molar-refractivity contribution in [3.63, 3.8) is 0 Å². The molecule has 0 aliphatic heterocycles. The highest BCUT2D eigenvalue weighted by molar-refractivity contribution is 5.85. The predicted molar refractivity (Wildman–Crippen MR) is 81.2 cm³/mol. The van der Waals surface area contributed by atoms with Crippen LogP contribution in [0.1, 0.15) is 33.1 Å². The third-order valence-corrected chi connectivity index (χ3v) is 3.51. The van der Waals surface area contributed by atoms with E-state index in [9.17, 15) is 0 Å². The molecule has 0 bridgehead atoms. The van der Waals surface area contributed by atoms with Gasteiger partial charge in [0, 0.05) is 39.3 Å². The molecule has 6 heteroatoms. The first-order valence-electron chi connectivity index (χ1n) is 7.16. The number of hydrogen-bond acceptors (Lipinski definition) is 5. The van der Waals surface area contributed by atoms with Gasteiger partial charge in [0.15, 0.2) is 0 Å². The molecule has 20 heavy (non-hydrogen) atoms. The molecule has 6 nitrogen and oxygen atoms in total. The highest BCUT2D eigenvalue weighted by Crippen LogP contribution is 2.22. The number of nitrogens with two attached hydrogens (primary N) is 1. The van der Waals surface area contributed by atoms with Gasteiger partial charge in [0.05, 0.1) is 6.61 Å². The molecule has 0 spiro atoms. The number of nitrogens with zero attached hydrogens (tertiary/aromatic N) is 2. The number of methoxy groups -OCH3 is 2. The number of oxime groups is 1. The van der Waals surface area contributed by atoms with E-state index in [0.717, 1.165) is 52.1 Å². The summed E-state index contributed by atoms with van der Waals surface area (Å²) in [5.74, 6) is 0.292. The highest BCUT2D eigenvalue weighted by atomic mass is 16.5. The van der Waals surface area contributed by atoms with Crippen LogP contribution in [-0.2, 0) is 9.47 Å². The van der Waals surface area contributed by atoms with Crippen molar-refractivity contribution >= 4 is 5.84 Å². The summed E-state index contributed by atoms with van der Waals surface area (Å²) >= 11 is 0. The molecule has 0 aliphatic rings. The highest BCUT2D eigenvalue weighted by Gasteiger charge is 2.23. The topological polar surface area (TPSA) is 80.3 Å². The number of hydrogen-bond donors (Lipinski definition) is 2. The molecule has 0 aromatic rings. The Labute approximate surface area is 122 Å². The smallest absolute Gasteiger partial charge is 0.144 e. The maximum Gasteiger partial charge on any atom is 0.144 e. The average molecular weight is 289 g/mol. The Morgan fingerprint density at radius 1 is 1.10 bits per heavy atom. The van der Waals surface area contributed by atoms with E-state index in [0.29, 0.717) is 5.84 Å². The SMILES string of the molecule is COCCCN(CCCC(C)(C)C(N)=NO)CCOC. The van der Waals surface area contributed by atoms with E-state index in [1.54, 1.807) is 14.2 Å². The van der Waals surface area contributed by atoms with E-state index >= 15 is 0 Å². The van der Waals surface area contributed by atoms with Crippen LogP contribution in [0.15, 0.2) is 5.16 Å². The van der Waals surface area contributed by atoms with E-state index in [-0.39, 0.29) is 5.41 Å². The molecule has 120 valence electrons. The van der Waals surface area contributed by atoms with Crippen LogP contribution in [-0.4, -0.2) is 63.0 Å². The normalized spacial score (nSPS) is 13.2. The second kappa shape index (κ2) is 10.9. The first-order chi connectivity index (χ1) is 9.47. The maximum absolute atomic E-state index is 8.76. The average Bonchev–Trinajstić information content (AvgIpc) is 2.43. The third kappa shape index (κ3) is 8.35. The minimum Gasteiger partial charge on any atom is -0.409 e. The Hall–Kier alpha value is -0.850. The molecule has 0 saturated carbocycles. The fraction of sp³-hybridized carbons (Fsp3) is 0.929. The Balaban J connectivity index is 4.10. The van der Waals surface area contributed by atoms with Gasteiger partial charge in [-0.25, -0.2) is 0 Å². The molecule has 0 saturated heterocycles. The molecule has 3 N–H and O–H groups in total. The molecule has 0 aliphatic carbocycles. The predicted octanol–water partition coefficient (Wildman–Crippen LogP) is 1.52. The van der Waals surface area contributed by atoms with Gasteiger partial charge in [-0.2, -0.15) is 0 Å². The molecule has 0 amide bonds. The minimum absolute atomic E-state index is 0.270. The van der Waals surface area contributed by atoms with Crippen LogP contribution in [0.5, 0.6) is 0 Å². The van der Waals surface area contributed by atoms with Gasteiger partial charge in [-0.05, 0) is 25.8 Å². The summed E-state index contributed by atoms with van der Waals surface area (Å²) in [5, 5.41) is 11.9. The first kappa shape index (κ1) is 19.1. The monoisotopic (exact) mass is 289 g/mol. The minimum atomic E-state index is -0.270. The van der Waals surface area contributed by atoms with Crippen molar-refractivity contribution in [2.45, 2.75) is 33.1 Å². The zero-order valence-electron chi connectivity index (χ0n) is 13.4. The van der Waals surface area contributed by atoms with Crippen molar-refractivity contribution in [1.82, 2.24) is 4.90 Å². The van der Waals surface area contributed by atoms with Crippen LogP contribution < -0.4 is 5.73 Å². The molecule has 0 aromatic carbocycles. The molecule has 0 atom stereocenters. The fourth-order valence-corrected chi connectivity index (χ4v) is 2.00. The van der Waals surface area contributed by atoms with Gasteiger partial charge in [0.25, 0.3) is 0 Å². The van der Waals surface area contributed by atoms with Crippen molar-refractivity contribution in [1.29, 1.82) is 0 Å². The van der Waals surface area contributed by atoms with E-state index < -0.39 is 0 Å². The largest absolute Gasteiger partial charge is 0.409 e. The second-order valence-electron chi connectivity index (χ2n) is 5.65. The van der Waals surface area contributed by atoms with Crippen LogP contribution >= 0.6 is 0 Å². The molecule has 0 fully saturated rings. The van der Waals surface area contributed by atoms with Crippen LogP contribution in [0.2, 0.25) is 0 Å². The zero-order chi connectivity index (χ0) is 15.4. The van der Waals surface area contributed by atoms with Gasteiger partial charge in [-0.15, -0.1) is 0 Å². The van der Waals surface area contributed by atoms with Crippen LogP contribution in [0.4, 0.5) is 0 Å². The summed E-state index contributed by atoms with van der Waals surface area (Å²) in [4.78, 5) is 2.37. The molecule has 0 radical (unpaired) electrons. The number of rotatable bonds is 12. The van der Waals surface area contributed by atoms with E-state index in [1.165, 1.54) is 0 Å². The van der Waals surface area contributed by atoms with Gasteiger partial charge in [-0.3, -0.25) is 0 Å². The lowest BCUT2D eigenvalue weighted by molar-refractivity contribution is 0.130. The van der Waals surface area contributed by atoms with Crippen molar-refractivity contribution in [3.05, 3.63) is 0 Å². The first-order valence-corrected chi connectivity index (χ1v) is 7.16. The number of amidine groups is 1. The van der Waals surface area contributed by atoms with Gasteiger partial charge in [0.2, 0.25) is 0 Å². The van der Waals surface area contributed by atoms with Crippen molar-refractivity contribution in [2.24, 2.45) is 16.3 Å². The van der Waals surface area contributed by atoms with Gasteiger partial charge >= 0.3 is 0 Å². The summed E-state index contributed by atoms with van der Waals surface area (Å²) in [6.07, 6.45) is 2.90. The van der Waals surface area contributed by atoms with E-state index in [2.05, 4.69) is 10.1 Å². The molecule has 0 rings (SSSR count). The lowest BCUT2D eigenvalue weighted by Gasteiger charge is -2.26. The molecule has 0 heterocycles. The Morgan fingerprint density at radius 2 is 1.70 bits per heavy atom. The summed E-state index contributed by atoms with van der Waals surface area (Å²) in [5.41, 5.74) is 5.43. The van der Waals surface area contributed by atoms with E-state index in [1.807, 2.05) is 13.8 Å². The quantitative estimate of drug-likeness (QED) is 0.187. The van der Waals surface area contributed by atoms with Crippen molar-refractivity contribution < 1.29 is 14.7 Å². The molecule has 0 unspecified atom stereocenters. The van der Waals surface area contributed by atoms with Gasteiger partial charge in [-0.1, -0.05) is 19.0 Å². The Bertz CT molecular complexity index is 270. The summed E-state index contributed by atoms with van der Waals surface area (Å²) in [6, 6.07) is 0. The van der Waals surface area contributed by atoms with E-state index in [4.69, 9.17) is 20.4 Å². The van der Waals surface area contributed by atoms with Crippen LogP contribution in [0, 0.1) is 5.41 Å². The lowest BCUT2D eigenvalue weighted by atomic mass is 9.86. The fourth-order valence-electron chi connectivity index (χ4n) is 2.00. The second-order valence-corrected chi connectivity index (χ2v) is 5.65. The standard InChI is InChI=1S/C14H31N3O3/c1-14(2,13(15)16-18)7-5-8-17(10-12-20-4)9-6-11-19-3/h18H,5-12H2,1-4H3,(H2,15,16). The molecular formula is C14H31N3O3. The summed E-state index contributed by atoms with van der Waals surface area (Å²) < 4.78 is 10.2. The van der Waals surface area contributed by atoms with Crippen LogP contribution in [0.3, 0.4) is 0 Å². The Kier molecular flexibility index (Phi) is 10.4. The lowest BCUT2D eigenvalue weighted by Crippen LogP contribution is -2.34. The molecule has 0 aromatic heterocycles. The van der Waals surface area contributed by atoms with Crippen molar-refractivity contribution in [2.75, 3.05) is 47.1 Å². The van der Waals surface area contributed by atoms with Gasteiger partial charge < -0.3 is 25.3 Å². The number of ether oxygens (including phenoxy) is 2.